The molecule has 0 atom stereocenters. The maximum absolute atomic E-state index is 12.0. The van der Waals surface area contributed by atoms with Crippen LogP contribution < -0.4 is 16.4 Å². The summed E-state index contributed by atoms with van der Waals surface area (Å²) in [7, 11) is 0. The summed E-state index contributed by atoms with van der Waals surface area (Å²) in [6, 6.07) is 1.79. The van der Waals surface area contributed by atoms with Crippen LogP contribution in [0.1, 0.15) is 25.5 Å². The molecule has 2 rings (SSSR count). The molecule has 0 aliphatic carbocycles. The Bertz CT molecular complexity index is 533. The van der Waals surface area contributed by atoms with Crippen LogP contribution in [0.15, 0.2) is 6.07 Å². The largest absolute Gasteiger partial charge is 0.384 e. The van der Waals surface area contributed by atoms with Crippen LogP contribution in [0.2, 0.25) is 0 Å². The molecule has 0 spiro atoms. The van der Waals surface area contributed by atoms with Crippen LogP contribution in [0.3, 0.4) is 0 Å². The summed E-state index contributed by atoms with van der Waals surface area (Å²) in [5, 5.41) is 9.94. The first-order chi connectivity index (χ1) is 10.5. The van der Waals surface area contributed by atoms with E-state index in [-0.39, 0.29) is 24.5 Å². The van der Waals surface area contributed by atoms with Gasteiger partial charge in [0.25, 0.3) is 0 Å². The lowest BCUT2D eigenvalue weighted by molar-refractivity contribution is -0.122. The first-order valence-corrected chi connectivity index (χ1v) is 7.61. The Labute approximate surface area is 130 Å². The van der Waals surface area contributed by atoms with Crippen molar-refractivity contribution in [2.45, 2.75) is 39.3 Å². The highest BCUT2D eigenvalue weighted by Gasteiger charge is 2.23. The topological polar surface area (TPSA) is 105 Å². The summed E-state index contributed by atoms with van der Waals surface area (Å²) in [6.45, 7) is 5.78. The Hall–Kier alpha value is -2.25. The Morgan fingerprint density at radius 3 is 2.64 bits per heavy atom. The number of carbonyl (C=O) groups excluding carboxylic acids is 2. The molecule has 1 aliphatic heterocycles. The first kappa shape index (κ1) is 16.1. The molecule has 4 N–H and O–H groups in total. The van der Waals surface area contributed by atoms with Gasteiger partial charge in [0.2, 0.25) is 5.91 Å². The number of hydrogen-bond acceptors (Lipinski definition) is 4. The molecule has 1 aromatic heterocycles. The highest BCUT2D eigenvalue weighted by atomic mass is 16.2. The number of aryl methyl sites for hydroxylation is 1. The average molecular weight is 308 g/mol. The monoisotopic (exact) mass is 308 g/mol. The van der Waals surface area contributed by atoms with Crippen molar-refractivity contribution in [1.82, 2.24) is 25.3 Å². The Kier molecular flexibility index (Phi) is 5.24. The predicted octanol–water partition coefficient (Wildman–Crippen LogP) is 0.0838. The van der Waals surface area contributed by atoms with Crippen LogP contribution in [-0.2, 0) is 11.3 Å². The molecular weight excluding hydrogens is 284 g/mol. The van der Waals surface area contributed by atoms with E-state index in [1.165, 1.54) is 4.68 Å². The van der Waals surface area contributed by atoms with Crippen molar-refractivity contribution >= 4 is 17.8 Å². The predicted molar refractivity (Wildman–Crippen MR) is 83.2 cm³/mol. The fraction of sp³-hybridized carbons (Fsp3) is 0.643. The number of rotatable bonds is 4. The van der Waals surface area contributed by atoms with Gasteiger partial charge in [-0.1, -0.05) is 0 Å². The zero-order chi connectivity index (χ0) is 16.1. The van der Waals surface area contributed by atoms with Crippen molar-refractivity contribution < 1.29 is 9.59 Å². The molecule has 0 bridgehead atoms. The Balaban J connectivity index is 1.77. The molecule has 2 heterocycles. The van der Waals surface area contributed by atoms with Crippen molar-refractivity contribution in [2.24, 2.45) is 0 Å². The number of aromatic nitrogens is 2. The summed E-state index contributed by atoms with van der Waals surface area (Å²) in [5.41, 5.74) is 6.56. The molecule has 122 valence electrons. The number of nitrogen functional groups attached to an aromatic ring is 1. The Morgan fingerprint density at radius 2 is 2.09 bits per heavy atom. The van der Waals surface area contributed by atoms with Crippen molar-refractivity contribution in [3.63, 3.8) is 0 Å². The number of nitrogens with zero attached hydrogens (tertiary/aromatic N) is 3. The van der Waals surface area contributed by atoms with E-state index in [4.69, 9.17) is 5.73 Å². The zero-order valence-electron chi connectivity index (χ0n) is 13.1. The van der Waals surface area contributed by atoms with Gasteiger partial charge in [-0.2, -0.15) is 5.10 Å². The molecule has 0 radical (unpaired) electrons. The number of nitrogens with two attached hydrogens (primary N) is 1. The summed E-state index contributed by atoms with van der Waals surface area (Å²) in [4.78, 5) is 25.5. The molecule has 1 aromatic rings. The van der Waals surface area contributed by atoms with E-state index in [0.717, 1.165) is 18.5 Å². The minimum absolute atomic E-state index is 0.0351. The summed E-state index contributed by atoms with van der Waals surface area (Å²) >= 11 is 0. The molecule has 3 amide bonds. The number of urea groups is 1. The molecule has 22 heavy (non-hydrogen) atoms. The third-order valence-corrected chi connectivity index (χ3v) is 3.70. The van der Waals surface area contributed by atoms with Gasteiger partial charge in [-0.25, -0.2) is 9.48 Å². The quantitative estimate of drug-likeness (QED) is 0.732. The summed E-state index contributed by atoms with van der Waals surface area (Å²) in [6.07, 6.45) is 1.52. The van der Waals surface area contributed by atoms with E-state index in [0.29, 0.717) is 25.5 Å². The standard InChI is InChI=1S/C14H24N6O2/c1-3-16-14(22)19-6-4-11(5-7-19)17-13(21)9-20-12(15)8-10(2)18-20/h8,11H,3-7,9,15H2,1-2H3,(H,16,22)(H,17,21). The first-order valence-electron chi connectivity index (χ1n) is 7.61. The van der Waals surface area contributed by atoms with Crippen molar-refractivity contribution in [3.8, 4) is 0 Å². The number of carbonyl (C=O) groups is 2. The van der Waals surface area contributed by atoms with Crippen LogP contribution in [0.25, 0.3) is 0 Å². The summed E-state index contributed by atoms with van der Waals surface area (Å²) in [5.74, 6) is 0.380. The van der Waals surface area contributed by atoms with E-state index in [1.54, 1.807) is 11.0 Å². The average Bonchev–Trinajstić information content (AvgIpc) is 2.77. The van der Waals surface area contributed by atoms with E-state index in [2.05, 4.69) is 15.7 Å². The SMILES string of the molecule is CCNC(=O)N1CCC(NC(=O)Cn2nc(C)cc2N)CC1. The lowest BCUT2D eigenvalue weighted by Crippen LogP contribution is -2.49. The van der Waals surface area contributed by atoms with Crippen LogP contribution in [0.5, 0.6) is 0 Å². The summed E-state index contributed by atoms with van der Waals surface area (Å²) < 4.78 is 1.49. The second kappa shape index (κ2) is 7.15. The zero-order valence-corrected chi connectivity index (χ0v) is 13.1. The molecule has 1 saturated heterocycles. The van der Waals surface area contributed by atoms with Gasteiger partial charge in [0.05, 0.1) is 5.69 Å². The molecule has 1 fully saturated rings. The highest BCUT2D eigenvalue weighted by molar-refractivity contribution is 5.76. The number of hydrogen-bond donors (Lipinski definition) is 3. The van der Waals surface area contributed by atoms with Crippen molar-refractivity contribution in [2.75, 3.05) is 25.4 Å². The molecule has 8 nitrogen and oxygen atoms in total. The van der Waals surface area contributed by atoms with Gasteiger partial charge in [-0.05, 0) is 26.7 Å². The minimum atomic E-state index is -0.105. The van der Waals surface area contributed by atoms with Gasteiger partial charge in [0.1, 0.15) is 12.4 Å². The van der Waals surface area contributed by atoms with E-state index in [9.17, 15) is 9.59 Å². The Morgan fingerprint density at radius 1 is 1.41 bits per heavy atom. The molecule has 1 aliphatic rings. The van der Waals surface area contributed by atoms with Crippen LogP contribution in [0.4, 0.5) is 10.6 Å². The minimum Gasteiger partial charge on any atom is -0.384 e. The van der Waals surface area contributed by atoms with Crippen LogP contribution in [0, 0.1) is 6.92 Å². The fourth-order valence-electron chi connectivity index (χ4n) is 2.59. The molecule has 0 saturated carbocycles. The number of likely N-dealkylation sites (tertiary alicyclic amines) is 1. The van der Waals surface area contributed by atoms with Crippen LogP contribution >= 0.6 is 0 Å². The second-order valence-corrected chi connectivity index (χ2v) is 5.53. The fourth-order valence-corrected chi connectivity index (χ4v) is 2.59. The van der Waals surface area contributed by atoms with E-state index >= 15 is 0 Å². The maximum atomic E-state index is 12.0. The molecular formula is C14H24N6O2. The molecule has 8 heteroatoms. The third kappa shape index (κ3) is 4.12. The maximum Gasteiger partial charge on any atom is 0.317 e. The van der Waals surface area contributed by atoms with Crippen molar-refractivity contribution in [3.05, 3.63) is 11.8 Å². The lowest BCUT2D eigenvalue weighted by atomic mass is 10.1. The normalized spacial score (nSPS) is 15.6. The van der Waals surface area contributed by atoms with E-state index in [1.807, 2.05) is 13.8 Å². The van der Waals surface area contributed by atoms with Gasteiger partial charge < -0.3 is 21.3 Å². The lowest BCUT2D eigenvalue weighted by Gasteiger charge is -2.32. The number of piperidine rings is 1. The highest BCUT2D eigenvalue weighted by Crippen LogP contribution is 2.11. The molecule has 0 aromatic carbocycles. The second-order valence-electron chi connectivity index (χ2n) is 5.53. The van der Waals surface area contributed by atoms with Crippen LogP contribution in [-0.4, -0.2) is 52.3 Å². The van der Waals surface area contributed by atoms with Gasteiger partial charge in [0.15, 0.2) is 0 Å². The van der Waals surface area contributed by atoms with Gasteiger partial charge in [0, 0.05) is 31.7 Å². The van der Waals surface area contributed by atoms with Gasteiger partial charge in [-0.3, -0.25) is 4.79 Å². The van der Waals surface area contributed by atoms with Gasteiger partial charge in [-0.15, -0.1) is 0 Å². The molecule has 0 unspecified atom stereocenters. The number of nitrogens with one attached hydrogen (secondary N) is 2. The third-order valence-electron chi connectivity index (χ3n) is 3.70. The van der Waals surface area contributed by atoms with Gasteiger partial charge >= 0.3 is 6.03 Å². The van der Waals surface area contributed by atoms with Crippen molar-refractivity contribution in [1.29, 1.82) is 0 Å². The van der Waals surface area contributed by atoms with E-state index < -0.39 is 0 Å². The number of anilines is 1. The smallest absolute Gasteiger partial charge is 0.317 e. The number of amides is 3.